The van der Waals surface area contributed by atoms with E-state index in [0.29, 0.717) is 22.9 Å². The summed E-state index contributed by atoms with van der Waals surface area (Å²) < 4.78 is 6.21. The van der Waals surface area contributed by atoms with Gasteiger partial charge in [0.15, 0.2) is 4.77 Å². The van der Waals surface area contributed by atoms with Gasteiger partial charge in [-0.3, -0.25) is 4.79 Å². The van der Waals surface area contributed by atoms with E-state index < -0.39 is 0 Å². The van der Waals surface area contributed by atoms with Gasteiger partial charge in [0.25, 0.3) is 5.91 Å². The number of amides is 1. The van der Waals surface area contributed by atoms with Crippen LogP contribution in [0.2, 0.25) is 0 Å². The fourth-order valence-corrected chi connectivity index (χ4v) is 2.57. The highest BCUT2D eigenvalue weighted by atomic mass is 32.1. The van der Waals surface area contributed by atoms with Crippen molar-refractivity contribution in [1.29, 1.82) is 0 Å². The largest absolute Gasteiger partial charge is 0.493 e. The van der Waals surface area contributed by atoms with E-state index in [1.165, 1.54) is 0 Å². The molecule has 3 N–H and O–H groups in total. The Morgan fingerprint density at radius 2 is 2.04 bits per heavy atom. The van der Waals surface area contributed by atoms with Crippen molar-refractivity contribution in [3.63, 3.8) is 0 Å². The predicted molar refractivity (Wildman–Crippen MR) is 105 cm³/mol. The molecule has 1 amide bonds. The highest BCUT2D eigenvalue weighted by Gasteiger charge is 2.06. The van der Waals surface area contributed by atoms with Crippen molar-refractivity contribution in [2.24, 2.45) is 11.0 Å². The van der Waals surface area contributed by atoms with Gasteiger partial charge in [0.05, 0.1) is 23.9 Å². The number of carbonyl (C=O) groups excluding carboxylic acids is 1. The Hall–Kier alpha value is -2.93. The van der Waals surface area contributed by atoms with E-state index >= 15 is 0 Å². The monoisotopic (exact) mass is 368 g/mol. The molecule has 2 aromatic carbocycles. The van der Waals surface area contributed by atoms with Gasteiger partial charge in [0, 0.05) is 5.56 Å². The van der Waals surface area contributed by atoms with Gasteiger partial charge in [-0.1, -0.05) is 26.0 Å². The first-order valence-electron chi connectivity index (χ1n) is 8.29. The molecule has 0 aliphatic heterocycles. The fraction of sp³-hybridized carbons (Fsp3) is 0.211. The first kappa shape index (κ1) is 17.9. The van der Waals surface area contributed by atoms with E-state index in [0.717, 1.165) is 22.3 Å². The average Bonchev–Trinajstić information content (AvgIpc) is 2.99. The Morgan fingerprint density at radius 3 is 2.85 bits per heavy atom. The molecule has 0 aliphatic carbocycles. The van der Waals surface area contributed by atoms with Crippen LogP contribution in [0.1, 0.15) is 29.8 Å². The van der Waals surface area contributed by atoms with Crippen LogP contribution in [0.5, 0.6) is 5.75 Å². The minimum Gasteiger partial charge on any atom is -0.493 e. The molecular weight excluding hydrogens is 348 g/mol. The Morgan fingerprint density at radius 1 is 1.23 bits per heavy atom. The van der Waals surface area contributed by atoms with Crippen LogP contribution in [0.25, 0.3) is 11.0 Å². The lowest BCUT2D eigenvalue weighted by molar-refractivity contribution is 0.0955. The van der Waals surface area contributed by atoms with Crippen LogP contribution in [0.4, 0.5) is 0 Å². The molecule has 0 saturated carbocycles. The van der Waals surface area contributed by atoms with Crippen molar-refractivity contribution < 1.29 is 9.53 Å². The van der Waals surface area contributed by atoms with Crippen molar-refractivity contribution in [3.05, 3.63) is 58.4 Å². The number of hydrogen-bond acceptors (Lipinski definition) is 4. The molecule has 7 heteroatoms. The second-order valence-electron chi connectivity index (χ2n) is 6.32. The number of ether oxygens (including phenoxy) is 1. The number of carbonyl (C=O) groups is 1. The van der Waals surface area contributed by atoms with E-state index in [1.807, 2.05) is 24.3 Å². The van der Waals surface area contributed by atoms with E-state index in [-0.39, 0.29) is 5.91 Å². The van der Waals surface area contributed by atoms with Crippen molar-refractivity contribution in [1.82, 2.24) is 15.4 Å². The smallest absolute Gasteiger partial charge is 0.271 e. The topological polar surface area (TPSA) is 82.3 Å². The van der Waals surface area contributed by atoms with Gasteiger partial charge in [-0.25, -0.2) is 5.43 Å². The third-order valence-corrected chi connectivity index (χ3v) is 3.80. The Labute approximate surface area is 156 Å². The average molecular weight is 368 g/mol. The van der Waals surface area contributed by atoms with Gasteiger partial charge in [-0.15, -0.1) is 0 Å². The van der Waals surface area contributed by atoms with Crippen LogP contribution >= 0.6 is 12.2 Å². The molecule has 6 nitrogen and oxygen atoms in total. The number of aromatic amines is 2. The molecule has 0 atom stereocenters. The summed E-state index contributed by atoms with van der Waals surface area (Å²) in [6, 6.07) is 12.8. The molecule has 0 spiro atoms. The second kappa shape index (κ2) is 7.97. The summed E-state index contributed by atoms with van der Waals surface area (Å²) in [5, 5.41) is 4.02. The second-order valence-corrected chi connectivity index (χ2v) is 6.72. The van der Waals surface area contributed by atoms with Crippen LogP contribution in [-0.2, 0) is 0 Å². The molecule has 0 unspecified atom stereocenters. The summed E-state index contributed by atoms with van der Waals surface area (Å²) >= 11 is 5.04. The Balaban J connectivity index is 1.64. The molecule has 0 fully saturated rings. The summed E-state index contributed by atoms with van der Waals surface area (Å²) in [5.74, 6) is 0.941. The molecule has 26 heavy (non-hydrogen) atoms. The van der Waals surface area contributed by atoms with E-state index in [9.17, 15) is 4.79 Å². The number of nitrogens with one attached hydrogen (secondary N) is 3. The molecule has 0 saturated heterocycles. The zero-order chi connectivity index (χ0) is 18.5. The molecule has 3 aromatic rings. The zero-order valence-electron chi connectivity index (χ0n) is 14.6. The maximum atomic E-state index is 12.2. The lowest BCUT2D eigenvalue weighted by Gasteiger charge is -2.08. The highest BCUT2D eigenvalue weighted by Crippen LogP contribution is 2.14. The number of nitrogens with zero attached hydrogens (tertiary/aromatic N) is 1. The van der Waals surface area contributed by atoms with Gasteiger partial charge in [0.2, 0.25) is 0 Å². The van der Waals surface area contributed by atoms with Crippen molar-refractivity contribution >= 4 is 35.4 Å². The maximum absolute atomic E-state index is 12.2. The van der Waals surface area contributed by atoms with Crippen LogP contribution in [0, 0.1) is 10.7 Å². The number of aromatic nitrogens is 2. The van der Waals surface area contributed by atoms with E-state index in [4.69, 9.17) is 17.0 Å². The molecule has 1 aromatic heterocycles. The fourth-order valence-electron chi connectivity index (χ4n) is 2.35. The molecule has 1 heterocycles. The maximum Gasteiger partial charge on any atom is 0.271 e. The summed E-state index contributed by atoms with van der Waals surface area (Å²) in [5.41, 5.74) is 5.50. The molecule has 3 rings (SSSR count). The van der Waals surface area contributed by atoms with Gasteiger partial charge in [0.1, 0.15) is 5.75 Å². The summed E-state index contributed by atoms with van der Waals surface area (Å²) in [4.78, 5) is 18.2. The quantitative estimate of drug-likeness (QED) is 0.349. The molecule has 134 valence electrons. The third kappa shape index (κ3) is 4.58. The highest BCUT2D eigenvalue weighted by molar-refractivity contribution is 7.71. The van der Waals surface area contributed by atoms with Gasteiger partial charge in [-0.2, -0.15) is 5.10 Å². The standard InChI is InChI=1S/C19H20N4O2S/c1-12(2)11-25-15-5-3-4-13(8-15)10-20-23-18(24)14-6-7-16-17(9-14)22-19(26)21-16/h3-10,12H,11H2,1-2H3,(H,23,24)(H2,21,22,26)/b20-10-. The predicted octanol–water partition coefficient (Wildman–Crippen LogP) is 4.02. The first-order valence-corrected chi connectivity index (χ1v) is 8.70. The summed E-state index contributed by atoms with van der Waals surface area (Å²) in [7, 11) is 0. The molecular formula is C19H20N4O2S. The van der Waals surface area contributed by atoms with Gasteiger partial charge >= 0.3 is 0 Å². The van der Waals surface area contributed by atoms with Gasteiger partial charge < -0.3 is 14.7 Å². The van der Waals surface area contributed by atoms with Crippen molar-refractivity contribution in [3.8, 4) is 5.75 Å². The van der Waals surface area contributed by atoms with Gasteiger partial charge in [-0.05, 0) is 54.0 Å². The number of hydrazone groups is 1. The molecule has 0 aliphatic rings. The number of fused-ring (bicyclic) bond motifs is 1. The summed E-state index contributed by atoms with van der Waals surface area (Å²) in [6.45, 7) is 4.85. The third-order valence-electron chi connectivity index (χ3n) is 3.60. The Bertz CT molecular complexity index is 1000. The molecule has 0 bridgehead atoms. The molecule has 0 radical (unpaired) electrons. The normalized spacial score (nSPS) is 11.3. The first-order chi connectivity index (χ1) is 12.5. The number of hydrogen-bond donors (Lipinski definition) is 3. The lowest BCUT2D eigenvalue weighted by atomic mass is 10.2. The summed E-state index contributed by atoms with van der Waals surface area (Å²) in [6.07, 6.45) is 1.59. The minimum atomic E-state index is -0.295. The van der Waals surface area contributed by atoms with Crippen LogP contribution in [0.15, 0.2) is 47.6 Å². The Kier molecular flexibility index (Phi) is 5.48. The number of H-pyrrole nitrogens is 2. The van der Waals surface area contributed by atoms with E-state index in [1.54, 1.807) is 24.4 Å². The van der Waals surface area contributed by atoms with Crippen LogP contribution in [0.3, 0.4) is 0 Å². The number of rotatable bonds is 6. The zero-order valence-corrected chi connectivity index (χ0v) is 15.4. The minimum absolute atomic E-state index is 0.295. The van der Waals surface area contributed by atoms with Crippen LogP contribution < -0.4 is 10.2 Å². The number of imidazole rings is 1. The SMILES string of the molecule is CC(C)COc1cccc(/C=N\NC(=O)c2ccc3[nH]c(=S)[nH]c3c2)c1. The number of benzene rings is 2. The van der Waals surface area contributed by atoms with E-state index in [2.05, 4.69) is 34.3 Å². The lowest BCUT2D eigenvalue weighted by Crippen LogP contribution is -2.17. The van der Waals surface area contributed by atoms with Crippen molar-refractivity contribution in [2.75, 3.05) is 6.61 Å². The van der Waals surface area contributed by atoms with Crippen LogP contribution in [-0.4, -0.2) is 28.7 Å². The van der Waals surface area contributed by atoms with Crippen molar-refractivity contribution in [2.45, 2.75) is 13.8 Å².